The second-order valence-electron chi connectivity index (χ2n) is 6.06. The van der Waals surface area contributed by atoms with Crippen LogP contribution in [0.3, 0.4) is 0 Å². The molecule has 1 amide bonds. The van der Waals surface area contributed by atoms with E-state index in [-0.39, 0.29) is 18.7 Å². The zero-order chi connectivity index (χ0) is 19.6. The summed E-state index contributed by atoms with van der Waals surface area (Å²) < 4.78 is 16.1. The number of hydrogen-bond donors (Lipinski definition) is 2. The number of anilines is 1. The minimum Gasteiger partial charge on any atom is -0.497 e. The standard InChI is InChI=1S/C21H27NO5/c1-4-13-27-19-8-6-5-7-17(19)22-21(24)12-11-18(23)16-10-9-15(25-2)14-20(16)26-3/h5-10,14,18,23H,4,11-13H2,1-3H3,(H,22,24). The molecule has 0 bridgehead atoms. The van der Waals surface area contributed by atoms with Gasteiger partial charge in [-0.2, -0.15) is 0 Å². The van der Waals surface area contributed by atoms with E-state index < -0.39 is 6.10 Å². The highest BCUT2D eigenvalue weighted by Gasteiger charge is 2.16. The lowest BCUT2D eigenvalue weighted by Gasteiger charge is -2.16. The van der Waals surface area contributed by atoms with Crippen molar-refractivity contribution in [3.8, 4) is 17.2 Å². The van der Waals surface area contributed by atoms with Crippen molar-refractivity contribution in [2.45, 2.75) is 32.3 Å². The van der Waals surface area contributed by atoms with Crippen molar-refractivity contribution in [3.05, 3.63) is 48.0 Å². The molecule has 0 radical (unpaired) electrons. The zero-order valence-corrected chi connectivity index (χ0v) is 16.0. The van der Waals surface area contributed by atoms with E-state index in [4.69, 9.17) is 14.2 Å². The van der Waals surface area contributed by atoms with Crippen molar-refractivity contribution in [2.75, 3.05) is 26.1 Å². The van der Waals surface area contributed by atoms with Gasteiger partial charge in [0.05, 0.1) is 32.6 Å². The maximum atomic E-state index is 12.3. The zero-order valence-electron chi connectivity index (χ0n) is 16.0. The topological polar surface area (TPSA) is 77.0 Å². The minimum atomic E-state index is -0.816. The van der Waals surface area contributed by atoms with Gasteiger partial charge in [-0.3, -0.25) is 4.79 Å². The number of amides is 1. The van der Waals surface area contributed by atoms with E-state index in [1.165, 1.54) is 7.11 Å². The fourth-order valence-corrected chi connectivity index (χ4v) is 2.64. The van der Waals surface area contributed by atoms with Crippen LogP contribution in [0.25, 0.3) is 0 Å². The fraction of sp³-hybridized carbons (Fsp3) is 0.381. The van der Waals surface area contributed by atoms with Crippen molar-refractivity contribution in [3.63, 3.8) is 0 Å². The molecule has 2 aromatic carbocycles. The Hall–Kier alpha value is -2.73. The second kappa shape index (κ2) is 10.4. The van der Waals surface area contributed by atoms with Gasteiger partial charge in [0, 0.05) is 18.1 Å². The van der Waals surface area contributed by atoms with Crippen LogP contribution in [0.1, 0.15) is 37.9 Å². The number of benzene rings is 2. The lowest BCUT2D eigenvalue weighted by atomic mass is 10.0. The number of hydrogen-bond acceptors (Lipinski definition) is 5. The molecule has 27 heavy (non-hydrogen) atoms. The molecule has 0 saturated carbocycles. The van der Waals surface area contributed by atoms with Crippen LogP contribution in [0.4, 0.5) is 5.69 Å². The Labute approximate surface area is 160 Å². The van der Waals surface area contributed by atoms with Crippen LogP contribution in [0.5, 0.6) is 17.2 Å². The molecule has 0 aliphatic rings. The quantitative estimate of drug-likeness (QED) is 0.659. The van der Waals surface area contributed by atoms with Gasteiger partial charge >= 0.3 is 0 Å². The van der Waals surface area contributed by atoms with Gasteiger partial charge < -0.3 is 24.6 Å². The normalized spacial score (nSPS) is 11.6. The summed E-state index contributed by atoms with van der Waals surface area (Å²) in [7, 11) is 3.10. The SMILES string of the molecule is CCCOc1ccccc1NC(=O)CCC(O)c1ccc(OC)cc1OC. The van der Waals surface area contributed by atoms with Crippen LogP contribution in [-0.2, 0) is 4.79 Å². The summed E-state index contributed by atoms with van der Waals surface area (Å²) in [4.78, 5) is 12.3. The Morgan fingerprint density at radius 3 is 2.59 bits per heavy atom. The van der Waals surface area contributed by atoms with Crippen molar-refractivity contribution in [1.82, 2.24) is 0 Å². The Morgan fingerprint density at radius 1 is 1.11 bits per heavy atom. The van der Waals surface area contributed by atoms with Gasteiger partial charge in [0.25, 0.3) is 0 Å². The van der Waals surface area contributed by atoms with Gasteiger partial charge in [-0.05, 0) is 37.1 Å². The Kier molecular flexibility index (Phi) is 7.95. The number of carbonyl (C=O) groups is 1. The number of para-hydroxylation sites is 2. The molecule has 0 aromatic heterocycles. The average molecular weight is 373 g/mol. The summed E-state index contributed by atoms with van der Waals surface area (Å²) in [5.74, 6) is 1.63. The third-order valence-corrected chi connectivity index (χ3v) is 4.07. The summed E-state index contributed by atoms with van der Waals surface area (Å²) in [5, 5.41) is 13.3. The van der Waals surface area contributed by atoms with E-state index in [2.05, 4.69) is 5.32 Å². The highest BCUT2D eigenvalue weighted by atomic mass is 16.5. The van der Waals surface area contributed by atoms with E-state index in [9.17, 15) is 9.90 Å². The van der Waals surface area contributed by atoms with Gasteiger partial charge in [-0.1, -0.05) is 19.1 Å². The van der Waals surface area contributed by atoms with Gasteiger partial charge in [0.2, 0.25) is 5.91 Å². The highest BCUT2D eigenvalue weighted by molar-refractivity contribution is 5.92. The Balaban J connectivity index is 1.96. The Morgan fingerprint density at radius 2 is 1.89 bits per heavy atom. The molecule has 0 saturated heterocycles. The molecule has 0 heterocycles. The Bertz CT molecular complexity index is 747. The molecule has 146 valence electrons. The molecule has 0 fully saturated rings. The number of carbonyl (C=O) groups excluding carboxylic acids is 1. The monoisotopic (exact) mass is 373 g/mol. The highest BCUT2D eigenvalue weighted by Crippen LogP contribution is 2.32. The molecule has 2 N–H and O–H groups in total. The van der Waals surface area contributed by atoms with Crippen molar-refractivity contribution < 1.29 is 24.1 Å². The van der Waals surface area contributed by atoms with Crippen molar-refractivity contribution >= 4 is 11.6 Å². The van der Waals surface area contributed by atoms with Crippen LogP contribution >= 0.6 is 0 Å². The van der Waals surface area contributed by atoms with Crippen molar-refractivity contribution in [1.29, 1.82) is 0 Å². The third-order valence-electron chi connectivity index (χ3n) is 4.07. The lowest BCUT2D eigenvalue weighted by Crippen LogP contribution is -2.14. The summed E-state index contributed by atoms with van der Waals surface area (Å²) in [6.45, 7) is 2.61. The van der Waals surface area contributed by atoms with Gasteiger partial charge in [-0.15, -0.1) is 0 Å². The average Bonchev–Trinajstić information content (AvgIpc) is 2.70. The number of aliphatic hydroxyl groups is 1. The second-order valence-corrected chi connectivity index (χ2v) is 6.06. The van der Waals surface area contributed by atoms with Crippen LogP contribution in [-0.4, -0.2) is 31.8 Å². The first kappa shape index (κ1) is 20.6. The first-order valence-corrected chi connectivity index (χ1v) is 9.00. The van der Waals surface area contributed by atoms with E-state index >= 15 is 0 Å². The lowest BCUT2D eigenvalue weighted by molar-refractivity contribution is -0.116. The smallest absolute Gasteiger partial charge is 0.224 e. The first-order chi connectivity index (χ1) is 13.1. The number of rotatable bonds is 10. The molecular formula is C21H27NO5. The van der Waals surface area contributed by atoms with Crippen LogP contribution in [0, 0.1) is 0 Å². The van der Waals surface area contributed by atoms with E-state index in [1.807, 2.05) is 25.1 Å². The largest absolute Gasteiger partial charge is 0.497 e. The number of methoxy groups -OCH3 is 2. The molecule has 0 aliphatic carbocycles. The number of nitrogens with one attached hydrogen (secondary N) is 1. The summed E-state index contributed by atoms with van der Waals surface area (Å²) >= 11 is 0. The molecule has 2 rings (SSSR count). The molecule has 6 nitrogen and oxygen atoms in total. The maximum absolute atomic E-state index is 12.3. The third kappa shape index (κ3) is 5.89. The summed E-state index contributed by atoms with van der Waals surface area (Å²) in [5.41, 5.74) is 1.25. The number of ether oxygens (including phenoxy) is 3. The van der Waals surface area contributed by atoms with Gasteiger partial charge in [0.1, 0.15) is 17.2 Å². The molecule has 0 spiro atoms. The molecule has 2 aromatic rings. The van der Waals surface area contributed by atoms with E-state index in [0.29, 0.717) is 35.1 Å². The van der Waals surface area contributed by atoms with Crippen molar-refractivity contribution in [2.24, 2.45) is 0 Å². The molecule has 1 atom stereocenters. The first-order valence-electron chi connectivity index (χ1n) is 9.00. The maximum Gasteiger partial charge on any atom is 0.224 e. The van der Waals surface area contributed by atoms with Crippen LogP contribution in [0.15, 0.2) is 42.5 Å². The van der Waals surface area contributed by atoms with Gasteiger partial charge in [-0.25, -0.2) is 0 Å². The molecule has 0 aliphatic heterocycles. The fourth-order valence-electron chi connectivity index (χ4n) is 2.64. The summed E-state index contributed by atoms with van der Waals surface area (Å²) in [6, 6.07) is 12.5. The predicted octanol–water partition coefficient (Wildman–Crippen LogP) is 3.94. The summed E-state index contributed by atoms with van der Waals surface area (Å²) in [6.07, 6.45) is 0.506. The number of aliphatic hydroxyl groups excluding tert-OH is 1. The van der Waals surface area contributed by atoms with Crippen LogP contribution in [0.2, 0.25) is 0 Å². The molecular weight excluding hydrogens is 346 g/mol. The van der Waals surface area contributed by atoms with E-state index in [0.717, 1.165) is 6.42 Å². The van der Waals surface area contributed by atoms with Gasteiger partial charge in [0.15, 0.2) is 0 Å². The molecule has 6 heteroatoms. The minimum absolute atomic E-state index is 0.165. The molecule has 1 unspecified atom stereocenters. The predicted molar refractivity (Wildman–Crippen MR) is 105 cm³/mol. The van der Waals surface area contributed by atoms with Crippen LogP contribution < -0.4 is 19.5 Å². The van der Waals surface area contributed by atoms with E-state index in [1.54, 1.807) is 31.4 Å².